The molecule has 0 spiro atoms. The highest BCUT2D eigenvalue weighted by atomic mass is 32.2. The molecule has 1 aliphatic carbocycles. The highest BCUT2D eigenvalue weighted by molar-refractivity contribution is 7.87. The van der Waals surface area contributed by atoms with Crippen molar-refractivity contribution in [1.82, 2.24) is 33.2 Å². The minimum absolute atomic E-state index is 0.0385. The van der Waals surface area contributed by atoms with Gasteiger partial charge in [0.2, 0.25) is 0 Å². The summed E-state index contributed by atoms with van der Waals surface area (Å²) in [4.78, 5) is 32.4. The van der Waals surface area contributed by atoms with E-state index in [2.05, 4.69) is 45.3 Å². The van der Waals surface area contributed by atoms with Crippen molar-refractivity contribution in [2.24, 2.45) is 7.05 Å². The second kappa shape index (κ2) is 15.2. The van der Waals surface area contributed by atoms with Crippen LogP contribution in [-0.2, 0) is 28.5 Å². The lowest BCUT2D eigenvalue weighted by molar-refractivity contribution is 0.0595. The number of allylic oxidation sites excluding steroid dienone is 1. The van der Waals surface area contributed by atoms with Gasteiger partial charge >= 0.3 is 10.2 Å². The number of nitrogens with one attached hydrogen (secondary N) is 1. The molecule has 0 bridgehead atoms. The maximum absolute atomic E-state index is 14.3. The normalized spacial score (nSPS) is 18.9. The Morgan fingerprint density at radius 2 is 1.69 bits per heavy atom. The van der Waals surface area contributed by atoms with Gasteiger partial charge in [0, 0.05) is 74.4 Å². The molecular weight excluding hydrogens is 719 g/mol. The van der Waals surface area contributed by atoms with E-state index >= 15 is 0 Å². The molecule has 3 fully saturated rings. The first-order chi connectivity index (χ1) is 26.5. The lowest BCUT2D eigenvalue weighted by Gasteiger charge is -2.37. The average molecular weight is 770 g/mol. The van der Waals surface area contributed by atoms with Crippen molar-refractivity contribution < 1.29 is 27.5 Å². The Morgan fingerprint density at radius 1 is 0.945 bits per heavy atom. The molecule has 55 heavy (non-hydrogen) atoms. The first kappa shape index (κ1) is 37.4. The van der Waals surface area contributed by atoms with Crippen molar-refractivity contribution >= 4 is 44.6 Å². The van der Waals surface area contributed by atoms with Crippen LogP contribution in [0.15, 0.2) is 42.6 Å². The molecule has 2 aromatic heterocycles. The van der Waals surface area contributed by atoms with Crippen molar-refractivity contribution in [1.29, 1.82) is 0 Å². The van der Waals surface area contributed by atoms with Crippen LogP contribution in [0, 0.1) is 0 Å². The predicted octanol–water partition coefficient (Wildman–Crippen LogP) is 5.13. The minimum atomic E-state index is -4.06. The van der Waals surface area contributed by atoms with Crippen molar-refractivity contribution in [2.45, 2.75) is 64.5 Å². The minimum Gasteiger partial charge on any atom is -0.497 e. The summed E-state index contributed by atoms with van der Waals surface area (Å²) in [7, 11) is -0.522. The van der Waals surface area contributed by atoms with E-state index in [4.69, 9.17) is 9.47 Å². The zero-order valence-corrected chi connectivity index (χ0v) is 33.0. The van der Waals surface area contributed by atoms with E-state index in [0.717, 1.165) is 83.5 Å². The molecular formula is C41H51N7O6S. The van der Waals surface area contributed by atoms with Gasteiger partial charge in [-0.25, -0.2) is 4.72 Å². The SMILES string of the molecule is COc1ccc2c(c1)C=C(c1c(C(=O)N3CCN(C(C)C)CC3)cnn1C)Cn1c-2c(C2CCCCC2)c2ccc(C(=O)NS(=O)(=O)N3CCOCC3)cc21. The number of carbonyl (C=O) groups excluding carboxylic acids is 2. The third kappa shape index (κ3) is 7.09. The number of carbonyl (C=O) groups is 2. The number of hydrogen-bond acceptors (Lipinski definition) is 8. The quantitative estimate of drug-likeness (QED) is 0.261. The number of aryl methyl sites for hydroxylation is 1. The summed E-state index contributed by atoms with van der Waals surface area (Å²) < 4.78 is 45.1. The Labute approximate surface area is 323 Å². The molecule has 2 aromatic carbocycles. The van der Waals surface area contributed by atoms with Gasteiger partial charge in [0.05, 0.1) is 50.0 Å². The number of nitrogens with zero attached hydrogens (tertiary/aromatic N) is 6. The summed E-state index contributed by atoms with van der Waals surface area (Å²) in [5.74, 6) is 0.310. The fraction of sp³-hybridized carbons (Fsp3) is 0.488. The number of benzene rings is 2. The van der Waals surface area contributed by atoms with Crippen LogP contribution in [0.4, 0.5) is 0 Å². The molecule has 0 radical (unpaired) electrons. The monoisotopic (exact) mass is 769 g/mol. The van der Waals surface area contributed by atoms with Crippen LogP contribution < -0.4 is 9.46 Å². The standard InChI is InChI=1S/C41H51N7O6S/c1-27(2)45-14-16-46(17-15-45)41(50)35-25-42-44(3)38(35)31-22-30-23-32(53-4)11-13-33(30)39-37(28-8-6-5-7-9-28)34-12-10-29(24-36(34)48(39)26-31)40(49)43-55(51,52)47-18-20-54-21-19-47/h10-13,22-25,27-28H,5-9,14-21,26H2,1-4H3,(H,43,49). The van der Waals surface area contributed by atoms with Crippen molar-refractivity contribution in [3.63, 3.8) is 0 Å². The third-order valence-corrected chi connectivity index (χ3v) is 13.4. The van der Waals surface area contributed by atoms with Gasteiger partial charge in [-0.3, -0.25) is 19.2 Å². The van der Waals surface area contributed by atoms with Gasteiger partial charge in [-0.05, 0) is 85.7 Å². The molecule has 0 atom stereocenters. The Kier molecular flexibility index (Phi) is 10.3. The maximum Gasteiger partial charge on any atom is 0.304 e. The van der Waals surface area contributed by atoms with Crippen LogP contribution in [0.3, 0.4) is 0 Å². The number of morpholine rings is 1. The molecule has 1 N–H and O–H groups in total. The van der Waals surface area contributed by atoms with Gasteiger partial charge in [-0.15, -0.1) is 0 Å². The zero-order chi connectivity index (χ0) is 38.4. The van der Waals surface area contributed by atoms with Gasteiger partial charge in [0.15, 0.2) is 0 Å². The predicted molar refractivity (Wildman–Crippen MR) is 212 cm³/mol. The maximum atomic E-state index is 14.3. The van der Waals surface area contributed by atoms with Crippen molar-refractivity contribution in [3.05, 3.63) is 70.5 Å². The van der Waals surface area contributed by atoms with Crippen LogP contribution >= 0.6 is 0 Å². The summed E-state index contributed by atoms with van der Waals surface area (Å²) in [5.41, 5.74) is 7.59. The van der Waals surface area contributed by atoms with Crippen LogP contribution in [0.5, 0.6) is 5.75 Å². The topological polar surface area (TPSA) is 131 Å². The smallest absolute Gasteiger partial charge is 0.304 e. The molecule has 14 heteroatoms. The molecule has 2 amide bonds. The van der Waals surface area contributed by atoms with Gasteiger partial charge in [-0.2, -0.15) is 17.8 Å². The van der Waals surface area contributed by atoms with E-state index in [1.54, 1.807) is 24.1 Å². The van der Waals surface area contributed by atoms with E-state index in [1.165, 1.54) is 16.3 Å². The number of aromatic nitrogens is 3. The lowest BCUT2D eigenvalue weighted by atomic mass is 9.81. The molecule has 5 heterocycles. The van der Waals surface area contributed by atoms with Crippen LogP contribution in [0.25, 0.3) is 33.8 Å². The van der Waals surface area contributed by atoms with Gasteiger partial charge in [-0.1, -0.05) is 25.3 Å². The fourth-order valence-corrected chi connectivity index (χ4v) is 10.1. The number of amides is 2. The Balaban J connectivity index is 1.26. The molecule has 8 rings (SSSR count). The van der Waals surface area contributed by atoms with Crippen molar-refractivity contribution in [2.75, 3.05) is 59.6 Å². The Morgan fingerprint density at radius 3 is 2.40 bits per heavy atom. The Bertz CT molecular complexity index is 2250. The molecule has 13 nitrogen and oxygen atoms in total. The molecule has 3 aliphatic heterocycles. The first-order valence-corrected chi connectivity index (χ1v) is 21.0. The molecule has 2 saturated heterocycles. The Hall–Kier alpha value is -4.50. The van der Waals surface area contributed by atoms with E-state index in [-0.39, 0.29) is 37.8 Å². The van der Waals surface area contributed by atoms with E-state index in [1.807, 2.05) is 36.2 Å². The first-order valence-electron chi connectivity index (χ1n) is 19.5. The van der Waals surface area contributed by atoms with Gasteiger partial charge in [0.25, 0.3) is 11.8 Å². The van der Waals surface area contributed by atoms with E-state index in [0.29, 0.717) is 37.2 Å². The number of rotatable bonds is 8. The average Bonchev–Trinajstić information content (AvgIpc) is 3.69. The highest BCUT2D eigenvalue weighted by Gasteiger charge is 2.33. The third-order valence-electron chi connectivity index (χ3n) is 11.9. The van der Waals surface area contributed by atoms with E-state index < -0.39 is 16.1 Å². The fourth-order valence-electron chi connectivity index (χ4n) is 8.94. The second-order valence-electron chi connectivity index (χ2n) is 15.4. The lowest BCUT2D eigenvalue weighted by Crippen LogP contribution is -2.50. The zero-order valence-electron chi connectivity index (χ0n) is 32.2. The number of fused-ring (bicyclic) bond motifs is 5. The molecule has 0 unspecified atom stereocenters. The summed E-state index contributed by atoms with van der Waals surface area (Å²) in [5, 5.41) is 5.68. The second-order valence-corrected chi connectivity index (χ2v) is 17.1. The number of methoxy groups -OCH3 is 1. The molecule has 1 saturated carbocycles. The largest absolute Gasteiger partial charge is 0.497 e. The van der Waals surface area contributed by atoms with Crippen LogP contribution in [0.2, 0.25) is 0 Å². The van der Waals surface area contributed by atoms with Gasteiger partial charge in [0.1, 0.15) is 5.75 Å². The van der Waals surface area contributed by atoms with Crippen LogP contribution in [0.1, 0.15) is 89.4 Å². The van der Waals surface area contributed by atoms with Crippen molar-refractivity contribution in [3.8, 4) is 17.0 Å². The summed E-state index contributed by atoms with van der Waals surface area (Å²) in [6.07, 6.45) is 9.44. The van der Waals surface area contributed by atoms with Gasteiger partial charge < -0.3 is 18.9 Å². The number of piperazine rings is 1. The highest BCUT2D eigenvalue weighted by Crippen LogP contribution is 2.48. The molecule has 4 aliphatic rings. The summed E-state index contributed by atoms with van der Waals surface area (Å²) in [6.45, 7) is 8.63. The summed E-state index contributed by atoms with van der Waals surface area (Å²) in [6, 6.07) is 12.1. The van der Waals surface area contributed by atoms with E-state index in [9.17, 15) is 18.0 Å². The number of hydrogen-bond donors (Lipinski definition) is 1. The van der Waals surface area contributed by atoms with Crippen LogP contribution in [-0.4, -0.2) is 114 Å². The molecule has 4 aromatic rings. The molecule has 292 valence electrons. The summed E-state index contributed by atoms with van der Waals surface area (Å²) >= 11 is 0. The number of ether oxygens (including phenoxy) is 2.